The van der Waals surface area contributed by atoms with E-state index in [1.165, 1.54) is 0 Å². The fourth-order valence-corrected chi connectivity index (χ4v) is 3.39. The van der Waals surface area contributed by atoms with Crippen molar-refractivity contribution in [3.8, 4) is 0 Å². The van der Waals surface area contributed by atoms with E-state index in [-0.39, 0.29) is 19.8 Å². The molecule has 2 fully saturated rings. The second-order valence-corrected chi connectivity index (χ2v) is 7.57. The van der Waals surface area contributed by atoms with E-state index >= 15 is 0 Å². The van der Waals surface area contributed by atoms with Crippen molar-refractivity contribution in [2.24, 2.45) is 0 Å². The first-order chi connectivity index (χ1) is 15.7. The third kappa shape index (κ3) is 7.69. The molecule has 15 heteroatoms. The topological polar surface area (TPSA) is 253 Å². The molecule has 198 valence electrons. The Morgan fingerprint density at radius 2 is 1.18 bits per heavy atom. The van der Waals surface area contributed by atoms with Gasteiger partial charge in [-0.3, -0.25) is 4.90 Å². The van der Waals surface area contributed by atoms with Gasteiger partial charge in [-0.25, -0.2) is 0 Å². The Balaban J connectivity index is 0.000000461. The molecule has 2 aliphatic heterocycles. The largest absolute Gasteiger partial charge is 0.395 e. The monoisotopic (exact) mass is 491 g/mol. The average molecular weight is 491 g/mol. The molecule has 0 aliphatic carbocycles. The number of aliphatic hydroxyl groups excluding tert-OH is 11. The predicted molar refractivity (Wildman–Crippen MR) is 106 cm³/mol. The van der Waals surface area contributed by atoms with Gasteiger partial charge in [-0.05, 0) is 0 Å². The number of ether oxygens (including phenoxy) is 3. The first kappa shape index (κ1) is 30.4. The van der Waals surface area contributed by atoms with Crippen LogP contribution in [0, 0.1) is 0 Å². The first-order valence-electron chi connectivity index (χ1n) is 10.4. The van der Waals surface area contributed by atoms with Gasteiger partial charge in [0.15, 0.2) is 6.29 Å². The smallest absolute Gasteiger partial charge is 0.224 e. The van der Waals surface area contributed by atoms with Crippen LogP contribution in [0.5, 0.6) is 0 Å². The second kappa shape index (κ2) is 14.7. The van der Waals surface area contributed by atoms with Crippen LogP contribution >= 0.6 is 0 Å². The van der Waals surface area contributed by atoms with Crippen LogP contribution in [0.3, 0.4) is 0 Å². The van der Waals surface area contributed by atoms with Crippen LogP contribution in [0.15, 0.2) is 0 Å². The van der Waals surface area contributed by atoms with Crippen LogP contribution in [-0.4, -0.2) is 175 Å². The second-order valence-electron chi connectivity index (χ2n) is 7.57. The lowest BCUT2D eigenvalue weighted by Gasteiger charge is -2.43. The first-order valence-corrected chi connectivity index (χ1v) is 10.4. The summed E-state index contributed by atoms with van der Waals surface area (Å²) in [7, 11) is 0. The highest BCUT2D eigenvalue weighted by atomic mass is 16.8. The molecule has 0 radical (unpaired) electrons. The van der Waals surface area contributed by atoms with E-state index < -0.39 is 74.6 Å². The van der Waals surface area contributed by atoms with Crippen molar-refractivity contribution in [2.45, 2.75) is 54.8 Å². The highest BCUT2D eigenvalue weighted by Crippen LogP contribution is 2.35. The lowest BCUT2D eigenvalue weighted by molar-refractivity contribution is -0.383. The molecule has 2 rings (SSSR count). The maximum Gasteiger partial charge on any atom is 0.224 e. The predicted octanol–water partition coefficient (Wildman–Crippen LogP) is -7.13. The molecule has 2 aliphatic rings. The van der Waals surface area contributed by atoms with Gasteiger partial charge >= 0.3 is 0 Å². The third-order valence-corrected chi connectivity index (χ3v) is 5.32. The van der Waals surface area contributed by atoms with Crippen molar-refractivity contribution >= 4 is 0 Å². The SMILES string of the molecule is OCCN(CCO)CCO.OC[C@H]1O[C@@](CO)(O[C@H]2O[C@H](CO)[C@@H](O)[C@H](O)[C@H]2O)[C@@H](O)[C@@H]1O. The summed E-state index contributed by atoms with van der Waals surface area (Å²) in [5, 5.41) is 102. The highest BCUT2D eigenvalue weighted by Gasteiger charge is 2.58. The van der Waals surface area contributed by atoms with E-state index in [4.69, 9.17) is 39.7 Å². The van der Waals surface area contributed by atoms with Gasteiger partial charge in [-0.1, -0.05) is 0 Å². The molecule has 9 atom stereocenters. The van der Waals surface area contributed by atoms with Gasteiger partial charge in [0.2, 0.25) is 5.79 Å². The minimum absolute atomic E-state index is 0.0694. The minimum atomic E-state index is -2.22. The molecule has 0 bridgehead atoms. The lowest BCUT2D eigenvalue weighted by Crippen LogP contribution is -2.62. The molecule has 15 nitrogen and oxygen atoms in total. The molecule has 0 aromatic rings. The fraction of sp³-hybridized carbons (Fsp3) is 1.00. The quantitative estimate of drug-likeness (QED) is 0.128. The van der Waals surface area contributed by atoms with Gasteiger partial charge in [0, 0.05) is 19.6 Å². The molecule has 2 heterocycles. The van der Waals surface area contributed by atoms with Crippen molar-refractivity contribution in [2.75, 3.05) is 59.3 Å². The summed E-state index contributed by atoms with van der Waals surface area (Å²) in [6.07, 6.45) is -12.7. The number of hydrogen-bond donors (Lipinski definition) is 11. The van der Waals surface area contributed by atoms with Crippen LogP contribution in [0.25, 0.3) is 0 Å². The number of aliphatic hydroxyl groups is 11. The van der Waals surface area contributed by atoms with Crippen molar-refractivity contribution in [1.82, 2.24) is 4.90 Å². The Kier molecular flexibility index (Phi) is 13.6. The zero-order valence-electron chi connectivity index (χ0n) is 18.1. The van der Waals surface area contributed by atoms with Crippen LogP contribution in [-0.2, 0) is 14.2 Å². The fourth-order valence-electron chi connectivity index (χ4n) is 3.39. The maximum atomic E-state index is 10.00. The van der Waals surface area contributed by atoms with Crippen LogP contribution in [0.2, 0.25) is 0 Å². The summed E-state index contributed by atoms with van der Waals surface area (Å²) in [5.41, 5.74) is 0. The number of nitrogens with zero attached hydrogens (tertiary/aromatic N) is 1. The van der Waals surface area contributed by atoms with Crippen molar-refractivity contribution in [3.63, 3.8) is 0 Å². The van der Waals surface area contributed by atoms with Crippen LogP contribution in [0.1, 0.15) is 0 Å². The van der Waals surface area contributed by atoms with E-state index in [0.29, 0.717) is 19.6 Å². The van der Waals surface area contributed by atoms with Crippen LogP contribution < -0.4 is 0 Å². The van der Waals surface area contributed by atoms with Gasteiger partial charge in [0.1, 0.15) is 49.3 Å². The molecule has 0 unspecified atom stereocenters. The molecule has 0 saturated carbocycles. The Labute approximate surface area is 190 Å². The standard InChI is InChI=1S/C12H22O11.C6H15NO3/c13-1-4-6(16)8(18)9(19)11(21-4)23-12(3-15)10(20)7(17)5(2-14)22-12;8-4-1-7(2-5-9)3-6-10/h4-11,13-20H,1-3H2;8-10H,1-6H2/t4-,5-,6-,7-,8+,9-,10+,11-,12+;/m1./s1. The molecular formula is C18H37NO14. The minimum Gasteiger partial charge on any atom is -0.395 e. The summed E-state index contributed by atoms with van der Waals surface area (Å²) in [5.74, 6) is -2.22. The Morgan fingerprint density at radius 3 is 1.58 bits per heavy atom. The summed E-state index contributed by atoms with van der Waals surface area (Å²) < 4.78 is 15.4. The molecule has 0 spiro atoms. The van der Waals surface area contributed by atoms with Crippen molar-refractivity contribution in [3.05, 3.63) is 0 Å². The zero-order valence-corrected chi connectivity index (χ0v) is 18.1. The highest BCUT2D eigenvalue weighted by molar-refractivity contribution is 4.98. The molecule has 0 aromatic carbocycles. The molecule has 0 aromatic heterocycles. The third-order valence-electron chi connectivity index (χ3n) is 5.32. The van der Waals surface area contributed by atoms with E-state index in [9.17, 15) is 30.6 Å². The molecule has 0 amide bonds. The maximum absolute atomic E-state index is 10.00. The van der Waals surface area contributed by atoms with Crippen molar-refractivity contribution < 1.29 is 70.4 Å². The van der Waals surface area contributed by atoms with Gasteiger partial charge < -0.3 is 70.4 Å². The lowest BCUT2D eigenvalue weighted by atomic mass is 9.99. The summed E-state index contributed by atoms with van der Waals surface area (Å²) in [6.45, 7) is -0.569. The van der Waals surface area contributed by atoms with E-state index in [2.05, 4.69) is 0 Å². The summed E-state index contributed by atoms with van der Waals surface area (Å²) >= 11 is 0. The summed E-state index contributed by atoms with van der Waals surface area (Å²) in [6, 6.07) is 0. The molecule has 2 saturated heterocycles. The average Bonchev–Trinajstić information content (AvgIpc) is 3.05. The van der Waals surface area contributed by atoms with Gasteiger partial charge in [-0.15, -0.1) is 0 Å². The Hall–Kier alpha value is -0.600. The normalized spacial score (nSPS) is 38.9. The van der Waals surface area contributed by atoms with E-state index in [1.807, 2.05) is 0 Å². The number of hydrogen-bond acceptors (Lipinski definition) is 15. The number of rotatable bonds is 11. The van der Waals surface area contributed by atoms with E-state index in [0.717, 1.165) is 0 Å². The van der Waals surface area contributed by atoms with E-state index in [1.54, 1.807) is 4.90 Å². The van der Waals surface area contributed by atoms with Gasteiger partial charge in [0.25, 0.3) is 0 Å². The van der Waals surface area contributed by atoms with Crippen LogP contribution in [0.4, 0.5) is 0 Å². The Bertz CT molecular complexity index is 516. The van der Waals surface area contributed by atoms with Gasteiger partial charge in [0.05, 0.1) is 33.0 Å². The Morgan fingerprint density at radius 1 is 0.667 bits per heavy atom. The molecular weight excluding hydrogens is 454 g/mol. The summed E-state index contributed by atoms with van der Waals surface area (Å²) in [4.78, 5) is 1.79. The zero-order chi connectivity index (χ0) is 25.2. The van der Waals surface area contributed by atoms with Gasteiger partial charge in [-0.2, -0.15) is 0 Å². The van der Waals surface area contributed by atoms with Crippen molar-refractivity contribution in [1.29, 1.82) is 0 Å². The molecule has 11 N–H and O–H groups in total. The molecule has 33 heavy (non-hydrogen) atoms.